The molecule has 0 aromatic heterocycles. The van der Waals surface area contributed by atoms with Crippen LogP contribution in [0.25, 0.3) is 10.8 Å². The molecule has 5 heteroatoms. The van der Waals surface area contributed by atoms with E-state index in [2.05, 4.69) is 0 Å². The zero-order valence-corrected chi connectivity index (χ0v) is 12.4. The lowest BCUT2D eigenvalue weighted by molar-refractivity contribution is -0.130. The largest absolute Gasteiger partial charge is 0.497 e. The van der Waals surface area contributed by atoms with E-state index in [1.807, 2.05) is 24.3 Å². The van der Waals surface area contributed by atoms with Crippen molar-refractivity contribution in [1.29, 1.82) is 0 Å². The van der Waals surface area contributed by atoms with Gasteiger partial charge >= 0.3 is 0 Å². The molecule has 1 aliphatic rings. The van der Waals surface area contributed by atoms with Gasteiger partial charge in [-0.3, -0.25) is 9.59 Å². The molecule has 1 fully saturated rings. The van der Waals surface area contributed by atoms with Crippen molar-refractivity contribution < 1.29 is 19.1 Å². The second-order valence-electron chi connectivity index (χ2n) is 5.16. The lowest BCUT2D eigenvalue weighted by Gasteiger charge is -2.26. The number of Topliss-reactive ketones (excluding diaryl/α,β-unsaturated/α-hetero) is 1. The summed E-state index contributed by atoms with van der Waals surface area (Å²) in [7, 11) is 1.61. The second kappa shape index (κ2) is 6.15. The normalized spacial score (nSPS) is 14.9. The molecule has 5 nitrogen and oxygen atoms in total. The van der Waals surface area contributed by atoms with Gasteiger partial charge in [0.25, 0.3) is 5.91 Å². The van der Waals surface area contributed by atoms with Crippen LogP contribution in [0.5, 0.6) is 5.75 Å². The molecule has 0 N–H and O–H groups in total. The smallest absolute Gasteiger partial charge is 0.295 e. The number of ether oxygens (including phenoxy) is 2. The molecule has 2 aromatic carbocycles. The van der Waals surface area contributed by atoms with E-state index >= 15 is 0 Å². The Balaban J connectivity index is 1.85. The highest BCUT2D eigenvalue weighted by molar-refractivity contribution is 6.43. The fraction of sp³-hybridized carbons (Fsp3) is 0.294. The number of morpholine rings is 1. The average molecular weight is 299 g/mol. The molecule has 0 saturated carbocycles. The predicted octanol–water partition coefficient (Wildman–Crippen LogP) is 1.89. The Morgan fingerprint density at radius 2 is 1.73 bits per heavy atom. The first kappa shape index (κ1) is 14.5. The molecule has 2 aromatic rings. The minimum atomic E-state index is -0.473. The fourth-order valence-corrected chi connectivity index (χ4v) is 2.53. The molecule has 1 saturated heterocycles. The van der Waals surface area contributed by atoms with Crippen LogP contribution in [0.3, 0.4) is 0 Å². The minimum absolute atomic E-state index is 0.411. The molecule has 0 aliphatic carbocycles. The molecule has 0 atom stereocenters. The Hall–Kier alpha value is -2.40. The van der Waals surface area contributed by atoms with Crippen LogP contribution in [0, 0.1) is 0 Å². The number of methoxy groups -OCH3 is 1. The van der Waals surface area contributed by atoms with Crippen LogP contribution in [0.2, 0.25) is 0 Å². The van der Waals surface area contributed by atoms with E-state index < -0.39 is 11.7 Å². The highest BCUT2D eigenvalue weighted by atomic mass is 16.5. The van der Waals surface area contributed by atoms with Gasteiger partial charge in [-0.05, 0) is 29.0 Å². The Morgan fingerprint density at radius 1 is 1.05 bits per heavy atom. The lowest BCUT2D eigenvalue weighted by Crippen LogP contribution is -2.44. The predicted molar refractivity (Wildman–Crippen MR) is 82.2 cm³/mol. The topological polar surface area (TPSA) is 55.8 Å². The van der Waals surface area contributed by atoms with Crippen LogP contribution in [-0.4, -0.2) is 50.0 Å². The van der Waals surface area contributed by atoms with E-state index in [1.54, 1.807) is 24.1 Å². The first-order valence-electron chi connectivity index (χ1n) is 7.18. The summed E-state index contributed by atoms with van der Waals surface area (Å²) in [6.07, 6.45) is 0. The van der Waals surface area contributed by atoms with E-state index in [0.29, 0.717) is 31.9 Å². The summed E-state index contributed by atoms with van der Waals surface area (Å²) in [5.74, 6) is -0.174. The molecule has 114 valence electrons. The van der Waals surface area contributed by atoms with E-state index in [-0.39, 0.29) is 0 Å². The van der Waals surface area contributed by atoms with Crippen LogP contribution < -0.4 is 4.74 Å². The summed E-state index contributed by atoms with van der Waals surface area (Å²) in [4.78, 5) is 26.1. The highest BCUT2D eigenvalue weighted by Crippen LogP contribution is 2.22. The van der Waals surface area contributed by atoms with Gasteiger partial charge in [0.2, 0.25) is 5.78 Å². The number of hydrogen-bond donors (Lipinski definition) is 0. The van der Waals surface area contributed by atoms with Crippen molar-refractivity contribution in [3.63, 3.8) is 0 Å². The van der Waals surface area contributed by atoms with Crippen LogP contribution in [0.1, 0.15) is 10.4 Å². The van der Waals surface area contributed by atoms with Gasteiger partial charge in [0.15, 0.2) is 0 Å². The molecule has 1 heterocycles. The lowest BCUT2D eigenvalue weighted by atomic mass is 10.0. The summed E-state index contributed by atoms with van der Waals surface area (Å²) in [6, 6.07) is 10.9. The zero-order chi connectivity index (χ0) is 15.5. The van der Waals surface area contributed by atoms with Crippen molar-refractivity contribution >= 4 is 22.5 Å². The number of hydrogen-bond acceptors (Lipinski definition) is 4. The van der Waals surface area contributed by atoms with Crippen molar-refractivity contribution in [3.05, 3.63) is 42.0 Å². The van der Waals surface area contributed by atoms with Crippen LogP contribution in [-0.2, 0) is 9.53 Å². The van der Waals surface area contributed by atoms with E-state index in [9.17, 15) is 9.59 Å². The number of ketones is 1. The molecule has 1 aliphatic heterocycles. The average Bonchev–Trinajstić information content (AvgIpc) is 2.60. The van der Waals surface area contributed by atoms with Crippen LogP contribution in [0.4, 0.5) is 0 Å². The van der Waals surface area contributed by atoms with Crippen molar-refractivity contribution in [2.75, 3.05) is 33.4 Å². The molecule has 0 unspecified atom stereocenters. The number of fused-ring (bicyclic) bond motifs is 1. The molecule has 0 spiro atoms. The Bertz CT molecular complexity index is 720. The van der Waals surface area contributed by atoms with Crippen LogP contribution in [0.15, 0.2) is 36.4 Å². The van der Waals surface area contributed by atoms with E-state index in [1.165, 1.54) is 0 Å². The molecule has 3 rings (SSSR count). The number of rotatable bonds is 3. The standard InChI is InChI=1S/C17H17NO4/c1-21-15-5-4-12-10-14(3-2-13(12)11-15)16(19)17(20)18-6-8-22-9-7-18/h2-5,10-11H,6-9H2,1H3. The van der Waals surface area contributed by atoms with Gasteiger partial charge in [-0.1, -0.05) is 18.2 Å². The number of benzene rings is 2. The van der Waals surface area contributed by atoms with Gasteiger partial charge < -0.3 is 14.4 Å². The maximum absolute atomic E-state index is 12.4. The monoisotopic (exact) mass is 299 g/mol. The summed E-state index contributed by atoms with van der Waals surface area (Å²) >= 11 is 0. The summed E-state index contributed by atoms with van der Waals surface area (Å²) in [5, 5.41) is 1.87. The first-order chi connectivity index (χ1) is 10.7. The first-order valence-corrected chi connectivity index (χ1v) is 7.18. The van der Waals surface area contributed by atoms with E-state index in [0.717, 1.165) is 16.5 Å². The number of carbonyl (C=O) groups is 2. The second-order valence-corrected chi connectivity index (χ2v) is 5.16. The van der Waals surface area contributed by atoms with Crippen molar-refractivity contribution in [2.24, 2.45) is 0 Å². The van der Waals surface area contributed by atoms with Gasteiger partial charge in [0.1, 0.15) is 5.75 Å². The molecular formula is C17H17NO4. The molecule has 22 heavy (non-hydrogen) atoms. The number of carbonyl (C=O) groups excluding carboxylic acids is 2. The summed E-state index contributed by atoms with van der Waals surface area (Å²) in [6.45, 7) is 1.90. The Labute approximate surface area is 128 Å². The van der Waals surface area contributed by atoms with Gasteiger partial charge in [-0.2, -0.15) is 0 Å². The SMILES string of the molecule is COc1ccc2cc(C(=O)C(=O)N3CCOCC3)ccc2c1. The zero-order valence-electron chi connectivity index (χ0n) is 12.4. The fourth-order valence-electron chi connectivity index (χ4n) is 2.53. The highest BCUT2D eigenvalue weighted by Gasteiger charge is 2.24. The van der Waals surface area contributed by atoms with Crippen molar-refractivity contribution in [1.82, 2.24) is 4.90 Å². The maximum atomic E-state index is 12.4. The third kappa shape index (κ3) is 2.80. The third-order valence-corrected chi connectivity index (χ3v) is 3.80. The summed E-state index contributed by atoms with van der Waals surface area (Å²) in [5.41, 5.74) is 0.411. The van der Waals surface area contributed by atoms with Gasteiger partial charge in [0.05, 0.1) is 20.3 Å². The van der Waals surface area contributed by atoms with Crippen molar-refractivity contribution in [3.8, 4) is 5.75 Å². The Kier molecular flexibility index (Phi) is 4.06. The van der Waals surface area contributed by atoms with Gasteiger partial charge in [-0.15, -0.1) is 0 Å². The number of amides is 1. The third-order valence-electron chi connectivity index (χ3n) is 3.80. The summed E-state index contributed by atoms with van der Waals surface area (Å²) < 4.78 is 10.4. The maximum Gasteiger partial charge on any atom is 0.295 e. The van der Waals surface area contributed by atoms with E-state index in [4.69, 9.17) is 9.47 Å². The van der Waals surface area contributed by atoms with Crippen LogP contribution >= 0.6 is 0 Å². The number of nitrogens with zero attached hydrogens (tertiary/aromatic N) is 1. The molecular weight excluding hydrogens is 282 g/mol. The Morgan fingerprint density at radius 3 is 2.45 bits per heavy atom. The molecule has 0 bridgehead atoms. The molecule has 1 amide bonds. The van der Waals surface area contributed by atoms with Crippen molar-refractivity contribution in [2.45, 2.75) is 0 Å². The quantitative estimate of drug-likeness (QED) is 0.641. The minimum Gasteiger partial charge on any atom is -0.497 e. The molecule has 0 radical (unpaired) electrons. The van der Waals surface area contributed by atoms with Gasteiger partial charge in [-0.25, -0.2) is 0 Å². The van der Waals surface area contributed by atoms with Gasteiger partial charge in [0, 0.05) is 18.7 Å².